The van der Waals surface area contributed by atoms with Crippen LogP contribution in [-0.2, 0) is 6.54 Å². The van der Waals surface area contributed by atoms with Gasteiger partial charge in [0.05, 0.1) is 5.69 Å². The van der Waals surface area contributed by atoms with E-state index in [0.717, 1.165) is 11.5 Å². The molecule has 4 nitrogen and oxygen atoms in total. The maximum Gasteiger partial charge on any atom is 0.151 e. The summed E-state index contributed by atoms with van der Waals surface area (Å²) >= 11 is 0. The van der Waals surface area contributed by atoms with Crippen LogP contribution in [0.4, 0.5) is 5.82 Å². The molecule has 0 atom stereocenters. The van der Waals surface area contributed by atoms with Gasteiger partial charge in [0.25, 0.3) is 0 Å². The van der Waals surface area contributed by atoms with Crippen LogP contribution in [0.2, 0.25) is 0 Å². The van der Waals surface area contributed by atoms with Crippen LogP contribution in [0.3, 0.4) is 0 Å². The maximum atomic E-state index is 5.69. The molecule has 0 bridgehead atoms. The molecule has 0 spiro atoms. The van der Waals surface area contributed by atoms with Crippen molar-refractivity contribution in [2.75, 3.05) is 11.9 Å². The summed E-state index contributed by atoms with van der Waals surface area (Å²) in [6.45, 7) is 0.459. The molecule has 2 rings (SSSR count). The van der Waals surface area contributed by atoms with E-state index in [2.05, 4.69) is 21.9 Å². The van der Waals surface area contributed by atoms with E-state index in [1.807, 2.05) is 0 Å². The summed E-state index contributed by atoms with van der Waals surface area (Å²) < 4.78 is 0. The lowest BCUT2D eigenvalue weighted by Crippen LogP contribution is -2.35. The van der Waals surface area contributed by atoms with Crippen molar-refractivity contribution in [3.8, 4) is 0 Å². The van der Waals surface area contributed by atoms with Gasteiger partial charge in [0.2, 0.25) is 0 Å². The van der Waals surface area contributed by atoms with Gasteiger partial charge in [-0.1, -0.05) is 19.3 Å². The van der Waals surface area contributed by atoms with Gasteiger partial charge in [0.15, 0.2) is 5.82 Å². The molecule has 0 radical (unpaired) electrons. The van der Waals surface area contributed by atoms with Crippen LogP contribution >= 0.6 is 0 Å². The molecule has 88 valence electrons. The number of hydrogen-bond donors (Lipinski definition) is 1. The van der Waals surface area contributed by atoms with Crippen LogP contribution < -0.4 is 10.6 Å². The SMILES string of the molecule is CN(c1nccnc1CN)C1CCCCC1. The summed E-state index contributed by atoms with van der Waals surface area (Å²) in [6, 6.07) is 0.607. The molecule has 1 aliphatic carbocycles. The van der Waals surface area contributed by atoms with Crippen LogP contribution in [0, 0.1) is 0 Å². The van der Waals surface area contributed by atoms with E-state index in [9.17, 15) is 0 Å². The van der Waals surface area contributed by atoms with E-state index in [1.54, 1.807) is 12.4 Å². The third-order valence-corrected chi connectivity index (χ3v) is 3.40. The van der Waals surface area contributed by atoms with Crippen molar-refractivity contribution in [1.29, 1.82) is 0 Å². The van der Waals surface area contributed by atoms with Gasteiger partial charge in [-0.05, 0) is 12.8 Å². The highest BCUT2D eigenvalue weighted by Crippen LogP contribution is 2.25. The van der Waals surface area contributed by atoms with Gasteiger partial charge in [-0.3, -0.25) is 4.98 Å². The fourth-order valence-corrected chi connectivity index (χ4v) is 2.44. The fourth-order valence-electron chi connectivity index (χ4n) is 2.44. The summed E-state index contributed by atoms with van der Waals surface area (Å²) in [7, 11) is 2.11. The molecule has 1 fully saturated rings. The molecular weight excluding hydrogens is 200 g/mol. The number of hydrogen-bond acceptors (Lipinski definition) is 4. The zero-order valence-electron chi connectivity index (χ0n) is 9.89. The molecular formula is C12H20N4. The average molecular weight is 220 g/mol. The van der Waals surface area contributed by atoms with E-state index in [0.29, 0.717) is 12.6 Å². The van der Waals surface area contributed by atoms with Gasteiger partial charge in [-0.25, -0.2) is 4.98 Å². The van der Waals surface area contributed by atoms with E-state index in [1.165, 1.54) is 32.1 Å². The molecule has 1 aromatic heterocycles. The van der Waals surface area contributed by atoms with Crippen LogP contribution in [0.25, 0.3) is 0 Å². The summed E-state index contributed by atoms with van der Waals surface area (Å²) in [5, 5.41) is 0. The Morgan fingerprint density at radius 1 is 1.25 bits per heavy atom. The number of nitrogens with two attached hydrogens (primary N) is 1. The number of aromatic nitrogens is 2. The quantitative estimate of drug-likeness (QED) is 0.842. The molecule has 0 saturated heterocycles. The predicted molar refractivity (Wildman–Crippen MR) is 65.2 cm³/mol. The third kappa shape index (κ3) is 2.32. The molecule has 1 saturated carbocycles. The first-order valence-electron chi connectivity index (χ1n) is 6.05. The van der Waals surface area contributed by atoms with Gasteiger partial charge >= 0.3 is 0 Å². The third-order valence-electron chi connectivity index (χ3n) is 3.40. The van der Waals surface area contributed by atoms with Crippen LogP contribution in [-0.4, -0.2) is 23.1 Å². The lowest BCUT2D eigenvalue weighted by molar-refractivity contribution is 0.425. The Balaban J connectivity index is 2.15. The molecule has 0 unspecified atom stereocenters. The zero-order chi connectivity index (χ0) is 11.4. The summed E-state index contributed by atoms with van der Waals surface area (Å²) in [5.41, 5.74) is 6.59. The Kier molecular flexibility index (Phi) is 3.72. The Labute approximate surface area is 96.9 Å². The van der Waals surface area contributed by atoms with Gasteiger partial charge < -0.3 is 10.6 Å². The first-order chi connectivity index (χ1) is 7.83. The fraction of sp³-hybridized carbons (Fsp3) is 0.667. The minimum absolute atomic E-state index is 0.459. The summed E-state index contributed by atoms with van der Waals surface area (Å²) in [5.74, 6) is 0.955. The molecule has 2 N–H and O–H groups in total. The largest absolute Gasteiger partial charge is 0.355 e. The molecule has 0 aliphatic heterocycles. The van der Waals surface area contributed by atoms with Crippen LogP contribution in [0.15, 0.2) is 12.4 Å². The average Bonchev–Trinajstić information content (AvgIpc) is 2.39. The lowest BCUT2D eigenvalue weighted by atomic mass is 9.94. The Morgan fingerprint density at radius 2 is 1.94 bits per heavy atom. The van der Waals surface area contributed by atoms with Gasteiger partial charge in [-0.2, -0.15) is 0 Å². The van der Waals surface area contributed by atoms with Crippen molar-refractivity contribution in [3.63, 3.8) is 0 Å². The van der Waals surface area contributed by atoms with E-state index in [4.69, 9.17) is 5.73 Å². The maximum absolute atomic E-state index is 5.69. The number of nitrogens with zero attached hydrogens (tertiary/aromatic N) is 3. The van der Waals surface area contributed by atoms with Crippen molar-refractivity contribution < 1.29 is 0 Å². The molecule has 4 heteroatoms. The second-order valence-electron chi connectivity index (χ2n) is 4.43. The highest BCUT2D eigenvalue weighted by atomic mass is 15.2. The molecule has 1 aromatic rings. The smallest absolute Gasteiger partial charge is 0.151 e. The van der Waals surface area contributed by atoms with Crippen LogP contribution in [0.5, 0.6) is 0 Å². The zero-order valence-corrected chi connectivity index (χ0v) is 9.89. The van der Waals surface area contributed by atoms with Crippen molar-refractivity contribution >= 4 is 5.82 Å². The first-order valence-corrected chi connectivity index (χ1v) is 6.05. The normalized spacial score (nSPS) is 17.4. The summed E-state index contributed by atoms with van der Waals surface area (Å²) in [6.07, 6.45) is 10.00. The number of rotatable bonds is 3. The molecule has 1 aliphatic rings. The van der Waals surface area contributed by atoms with Gasteiger partial charge in [0.1, 0.15) is 0 Å². The Bertz CT molecular complexity index is 334. The Hall–Kier alpha value is -1.16. The van der Waals surface area contributed by atoms with Crippen LogP contribution in [0.1, 0.15) is 37.8 Å². The first kappa shape index (κ1) is 11.3. The van der Waals surface area contributed by atoms with E-state index in [-0.39, 0.29) is 0 Å². The monoisotopic (exact) mass is 220 g/mol. The Morgan fingerprint density at radius 3 is 2.62 bits per heavy atom. The standard InChI is InChI=1S/C12H20N4/c1-16(10-5-3-2-4-6-10)12-11(9-13)14-7-8-15-12/h7-8,10H,2-6,9,13H2,1H3. The minimum Gasteiger partial charge on any atom is -0.355 e. The topological polar surface area (TPSA) is 55.0 Å². The lowest BCUT2D eigenvalue weighted by Gasteiger charge is -2.32. The summed E-state index contributed by atoms with van der Waals surface area (Å²) in [4.78, 5) is 11.0. The molecule has 16 heavy (non-hydrogen) atoms. The second kappa shape index (κ2) is 5.25. The van der Waals surface area contributed by atoms with Crippen molar-refractivity contribution in [1.82, 2.24) is 9.97 Å². The van der Waals surface area contributed by atoms with Gasteiger partial charge in [0, 0.05) is 32.0 Å². The van der Waals surface area contributed by atoms with Crippen molar-refractivity contribution in [2.45, 2.75) is 44.7 Å². The minimum atomic E-state index is 0.459. The highest BCUT2D eigenvalue weighted by Gasteiger charge is 2.20. The van der Waals surface area contributed by atoms with E-state index < -0.39 is 0 Å². The predicted octanol–water partition coefficient (Wildman–Crippen LogP) is 1.70. The van der Waals surface area contributed by atoms with E-state index >= 15 is 0 Å². The van der Waals surface area contributed by atoms with Gasteiger partial charge in [-0.15, -0.1) is 0 Å². The van der Waals surface area contributed by atoms with Crippen molar-refractivity contribution in [3.05, 3.63) is 18.1 Å². The molecule has 0 amide bonds. The number of anilines is 1. The second-order valence-corrected chi connectivity index (χ2v) is 4.43. The highest BCUT2D eigenvalue weighted by molar-refractivity contribution is 5.43. The van der Waals surface area contributed by atoms with Crippen molar-refractivity contribution in [2.24, 2.45) is 5.73 Å². The molecule has 0 aromatic carbocycles. The molecule has 1 heterocycles.